The van der Waals surface area contributed by atoms with E-state index >= 15 is 0 Å². The maximum Gasteiger partial charge on any atom is 0.371 e. The first kappa shape index (κ1) is 12.5. The molecule has 20 heavy (non-hydrogen) atoms. The number of nitrogens with zero attached hydrogens (tertiary/aromatic N) is 1. The molecule has 0 atom stereocenters. The lowest BCUT2D eigenvalue weighted by Crippen LogP contribution is -1.98. The predicted molar refractivity (Wildman–Crippen MR) is 76.2 cm³/mol. The number of furan rings is 1. The number of hydrogen-bond acceptors (Lipinski definition) is 2. The Morgan fingerprint density at radius 3 is 2.75 bits per heavy atom. The number of carboxylic acid groups (broad SMARTS) is 1. The van der Waals surface area contributed by atoms with E-state index in [1.54, 1.807) is 13.0 Å². The highest BCUT2D eigenvalue weighted by Crippen LogP contribution is 2.21. The Bertz CT molecular complexity index is 795. The monoisotopic (exact) mass is 269 g/mol. The molecule has 4 nitrogen and oxygen atoms in total. The predicted octanol–water partition coefficient (Wildman–Crippen LogP) is 3.60. The Labute approximate surface area is 116 Å². The highest BCUT2D eigenvalue weighted by molar-refractivity contribution is 5.85. The molecular weight excluding hydrogens is 254 g/mol. The van der Waals surface area contributed by atoms with Gasteiger partial charge in [-0.2, -0.15) is 0 Å². The highest BCUT2D eigenvalue weighted by atomic mass is 16.4. The molecule has 2 aromatic heterocycles. The minimum atomic E-state index is -1.03. The minimum absolute atomic E-state index is 0.00913. The van der Waals surface area contributed by atoms with Gasteiger partial charge in [-0.15, -0.1) is 0 Å². The second-order valence-electron chi connectivity index (χ2n) is 5.00. The minimum Gasteiger partial charge on any atom is -0.475 e. The lowest BCUT2D eigenvalue weighted by molar-refractivity contribution is 0.0661. The largest absolute Gasteiger partial charge is 0.475 e. The normalized spacial score (nSPS) is 11.1. The summed E-state index contributed by atoms with van der Waals surface area (Å²) in [5, 5.41) is 10.1. The van der Waals surface area contributed by atoms with Crippen LogP contribution in [0.1, 0.15) is 27.4 Å². The molecule has 0 saturated heterocycles. The molecule has 0 saturated carbocycles. The zero-order valence-corrected chi connectivity index (χ0v) is 11.4. The van der Waals surface area contributed by atoms with Crippen LogP contribution in [-0.4, -0.2) is 15.6 Å². The molecule has 0 fully saturated rings. The number of fused-ring (bicyclic) bond motifs is 1. The second-order valence-corrected chi connectivity index (χ2v) is 5.00. The van der Waals surface area contributed by atoms with Gasteiger partial charge in [0.1, 0.15) is 5.76 Å². The van der Waals surface area contributed by atoms with E-state index in [0.717, 1.165) is 11.1 Å². The van der Waals surface area contributed by atoms with Crippen LogP contribution in [0.3, 0.4) is 0 Å². The topological polar surface area (TPSA) is 55.4 Å². The molecule has 0 aliphatic carbocycles. The molecule has 0 radical (unpaired) electrons. The fourth-order valence-corrected chi connectivity index (χ4v) is 2.40. The zero-order valence-electron chi connectivity index (χ0n) is 11.4. The summed E-state index contributed by atoms with van der Waals surface area (Å²) < 4.78 is 7.35. The zero-order chi connectivity index (χ0) is 14.3. The Balaban J connectivity index is 2.01. The van der Waals surface area contributed by atoms with Crippen LogP contribution in [0, 0.1) is 13.8 Å². The maximum absolute atomic E-state index is 10.9. The van der Waals surface area contributed by atoms with Gasteiger partial charge in [0.25, 0.3) is 0 Å². The summed E-state index contributed by atoms with van der Waals surface area (Å²) in [6, 6.07) is 9.95. The standard InChI is InChI=1S/C16H15NO3/c1-10-3-4-12-5-6-17(14(12)7-10)9-13-8-15(16(18)19)20-11(13)2/h3-8H,9H2,1-2H3,(H,18,19). The third-order valence-corrected chi connectivity index (χ3v) is 3.50. The van der Waals surface area contributed by atoms with E-state index in [4.69, 9.17) is 9.52 Å². The molecule has 3 aromatic rings. The molecular formula is C16H15NO3. The van der Waals surface area contributed by atoms with Gasteiger partial charge in [-0.1, -0.05) is 12.1 Å². The van der Waals surface area contributed by atoms with Crippen LogP contribution < -0.4 is 0 Å². The van der Waals surface area contributed by atoms with Gasteiger partial charge in [0.05, 0.1) is 6.54 Å². The smallest absolute Gasteiger partial charge is 0.371 e. The van der Waals surface area contributed by atoms with E-state index in [1.165, 1.54) is 10.9 Å². The molecule has 4 heteroatoms. The van der Waals surface area contributed by atoms with Crippen molar-refractivity contribution in [2.24, 2.45) is 0 Å². The molecule has 2 heterocycles. The van der Waals surface area contributed by atoms with E-state index in [0.29, 0.717) is 12.3 Å². The Morgan fingerprint density at radius 1 is 1.25 bits per heavy atom. The third kappa shape index (κ3) is 2.09. The number of hydrogen-bond donors (Lipinski definition) is 1. The van der Waals surface area contributed by atoms with Gasteiger partial charge >= 0.3 is 5.97 Å². The first-order chi connectivity index (χ1) is 9.54. The first-order valence-electron chi connectivity index (χ1n) is 6.42. The number of aromatic carboxylic acids is 1. The molecule has 1 aromatic carbocycles. The summed E-state index contributed by atoms with van der Waals surface area (Å²) in [6.07, 6.45) is 2.01. The molecule has 0 bridgehead atoms. The van der Waals surface area contributed by atoms with Gasteiger partial charge in [-0.05, 0) is 43.0 Å². The number of carbonyl (C=O) groups is 1. The van der Waals surface area contributed by atoms with Gasteiger partial charge in [-0.25, -0.2) is 4.79 Å². The van der Waals surface area contributed by atoms with Gasteiger partial charge in [-0.3, -0.25) is 0 Å². The Kier molecular flexibility index (Phi) is 2.86. The van der Waals surface area contributed by atoms with E-state index in [2.05, 4.69) is 35.8 Å². The fraction of sp³-hybridized carbons (Fsp3) is 0.188. The molecule has 0 aliphatic rings. The Hall–Kier alpha value is -2.49. The number of benzene rings is 1. The van der Waals surface area contributed by atoms with Gasteiger partial charge in [0.2, 0.25) is 5.76 Å². The summed E-state index contributed by atoms with van der Waals surface area (Å²) in [5.41, 5.74) is 3.23. The molecule has 102 valence electrons. The van der Waals surface area contributed by atoms with Crippen molar-refractivity contribution in [3.05, 3.63) is 59.2 Å². The maximum atomic E-state index is 10.9. The van der Waals surface area contributed by atoms with Crippen LogP contribution in [0.25, 0.3) is 10.9 Å². The number of carboxylic acids is 1. The summed E-state index contributed by atoms with van der Waals surface area (Å²) in [7, 11) is 0. The summed E-state index contributed by atoms with van der Waals surface area (Å²) in [5.74, 6) is -0.394. The van der Waals surface area contributed by atoms with Crippen molar-refractivity contribution in [1.82, 2.24) is 4.57 Å². The fourth-order valence-electron chi connectivity index (χ4n) is 2.40. The van der Waals surface area contributed by atoms with E-state index < -0.39 is 5.97 Å². The van der Waals surface area contributed by atoms with Crippen molar-refractivity contribution in [1.29, 1.82) is 0 Å². The molecule has 3 rings (SSSR count). The van der Waals surface area contributed by atoms with E-state index in [-0.39, 0.29) is 5.76 Å². The van der Waals surface area contributed by atoms with Crippen molar-refractivity contribution < 1.29 is 14.3 Å². The average Bonchev–Trinajstić information content (AvgIpc) is 2.95. The number of rotatable bonds is 3. The van der Waals surface area contributed by atoms with Crippen LogP contribution in [0.5, 0.6) is 0 Å². The number of aryl methyl sites for hydroxylation is 2. The first-order valence-corrected chi connectivity index (χ1v) is 6.42. The average molecular weight is 269 g/mol. The van der Waals surface area contributed by atoms with Crippen molar-refractivity contribution in [2.75, 3.05) is 0 Å². The summed E-state index contributed by atoms with van der Waals surface area (Å²) >= 11 is 0. The molecule has 0 aliphatic heterocycles. The van der Waals surface area contributed by atoms with Gasteiger partial charge < -0.3 is 14.1 Å². The SMILES string of the molecule is Cc1ccc2ccn(Cc3cc(C(=O)O)oc3C)c2c1. The van der Waals surface area contributed by atoms with E-state index in [9.17, 15) is 4.79 Å². The number of aromatic nitrogens is 1. The van der Waals surface area contributed by atoms with Crippen LogP contribution in [0.2, 0.25) is 0 Å². The van der Waals surface area contributed by atoms with Crippen LogP contribution in [0.4, 0.5) is 0 Å². The van der Waals surface area contributed by atoms with Crippen molar-refractivity contribution in [2.45, 2.75) is 20.4 Å². The molecule has 0 amide bonds. The lowest BCUT2D eigenvalue weighted by atomic mass is 10.2. The second kappa shape index (κ2) is 4.56. The summed E-state index contributed by atoms with van der Waals surface area (Å²) in [4.78, 5) is 10.9. The highest BCUT2D eigenvalue weighted by Gasteiger charge is 2.13. The van der Waals surface area contributed by atoms with Crippen molar-refractivity contribution in [3.63, 3.8) is 0 Å². The lowest BCUT2D eigenvalue weighted by Gasteiger charge is -2.05. The molecule has 0 spiro atoms. The quantitative estimate of drug-likeness (QED) is 0.790. The summed E-state index contributed by atoms with van der Waals surface area (Å²) in [6.45, 7) is 4.46. The van der Waals surface area contributed by atoms with Crippen LogP contribution in [-0.2, 0) is 6.54 Å². The van der Waals surface area contributed by atoms with Crippen LogP contribution in [0.15, 0.2) is 40.9 Å². The van der Waals surface area contributed by atoms with Crippen LogP contribution >= 0.6 is 0 Å². The van der Waals surface area contributed by atoms with Crippen molar-refractivity contribution >= 4 is 16.9 Å². The van der Waals surface area contributed by atoms with Gasteiger partial charge in [0.15, 0.2) is 0 Å². The molecule has 0 unspecified atom stereocenters. The Morgan fingerprint density at radius 2 is 2.05 bits per heavy atom. The van der Waals surface area contributed by atoms with E-state index in [1.807, 2.05) is 6.20 Å². The van der Waals surface area contributed by atoms with Crippen molar-refractivity contribution in [3.8, 4) is 0 Å². The van der Waals surface area contributed by atoms with Gasteiger partial charge in [0, 0.05) is 17.3 Å². The third-order valence-electron chi connectivity index (χ3n) is 3.50. The molecule has 1 N–H and O–H groups in total.